The van der Waals surface area contributed by atoms with Crippen LogP contribution in [0, 0.1) is 16.2 Å². The minimum absolute atomic E-state index is 0.0142. The standard InChI is InChI=1S/C18H30O6/c1-3-16(10-23-11-16)8-18(15(21)22,7-5-6-14(19)20)9-17(4-2)12-24-13-17/h3-13H2,1-2H3,(H,19,20)(H,21,22). The Morgan fingerprint density at radius 3 is 1.67 bits per heavy atom. The second-order valence-electron chi connectivity index (χ2n) is 7.88. The summed E-state index contributed by atoms with van der Waals surface area (Å²) in [4.78, 5) is 23.2. The lowest BCUT2D eigenvalue weighted by molar-refractivity contribution is -0.186. The Balaban J connectivity index is 2.21. The first-order valence-corrected chi connectivity index (χ1v) is 8.92. The van der Waals surface area contributed by atoms with Gasteiger partial charge in [-0.1, -0.05) is 13.8 Å². The van der Waals surface area contributed by atoms with Gasteiger partial charge in [-0.05, 0) is 38.5 Å². The first-order valence-electron chi connectivity index (χ1n) is 8.92. The van der Waals surface area contributed by atoms with Gasteiger partial charge in [-0.3, -0.25) is 9.59 Å². The highest BCUT2D eigenvalue weighted by Crippen LogP contribution is 2.52. The SMILES string of the molecule is CCC1(CC(CCCC(=O)O)(CC2(CC)COC2)C(=O)O)COC1. The normalized spacial score (nSPS) is 21.6. The van der Waals surface area contributed by atoms with Crippen LogP contribution in [-0.4, -0.2) is 48.6 Å². The van der Waals surface area contributed by atoms with Crippen LogP contribution in [-0.2, 0) is 19.1 Å². The maximum absolute atomic E-state index is 12.3. The quantitative estimate of drug-likeness (QED) is 0.600. The van der Waals surface area contributed by atoms with E-state index in [-0.39, 0.29) is 17.3 Å². The van der Waals surface area contributed by atoms with E-state index in [4.69, 9.17) is 14.6 Å². The van der Waals surface area contributed by atoms with Crippen LogP contribution in [0.2, 0.25) is 0 Å². The smallest absolute Gasteiger partial charge is 0.309 e. The van der Waals surface area contributed by atoms with Gasteiger partial charge in [0.1, 0.15) is 0 Å². The lowest BCUT2D eigenvalue weighted by Gasteiger charge is -2.51. The summed E-state index contributed by atoms with van der Waals surface area (Å²) in [6.07, 6.45) is 3.70. The van der Waals surface area contributed by atoms with E-state index in [0.717, 1.165) is 12.8 Å². The molecule has 0 aliphatic carbocycles. The third-order valence-corrected chi connectivity index (χ3v) is 6.06. The van der Waals surface area contributed by atoms with Crippen LogP contribution in [0.15, 0.2) is 0 Å². The highest BCUT2D eigenvalue weighted by atomic mass is 16.5. The molecule has 2 heterocycles. The third kappa shape index (κ3) is 3.91. The van der Waals surface area contributed by atoms with Gasteiger partial charge < -0.3 is 19.7 Å². The zero-order valence-electron chi connectivity index (χ0n) is 14.8. The molecule has 0 radical (unpaired) electrons. The lowest BCUT2D eigenvalue weighted by Crippen LogP contribution is -2.53. The largest absolute Gasteiger partial charge is 0.481 e. The number of carboxylic acids is 2. The number of aliphatic carboxylic acids is 2. The summed E-state index contributed by atoms with van der Waals surface area (Å²) in [5.74, 6) is -1.67. The van der Waals surface area contributed by atoms with Crippen LogP contribution in [0.3, 0.4) is 0 Å². The van der Waals surface area contributed by atoms with E-state index in [2.05, 4.69) is 13.8 Å². The van der Waals surface area contributed by atoms with Gasteiger partial charge in [0, 0.05) is 17.3 Å². The Hall–Kier alpha value is -1.14. The van der Waals surface area contributed by atoms with Gasteiger partial charge in [0.05, 0.1) is 31.8 Å². The fourth-order valence-corrected chi connectivity index (χ4v) is 4.15. The minimum Gasteiger partial charge on any atom is -0.481 e. The average Bonchev–Trinajstić information content (AvgIpc) is 2.45. The fourth-order valence-electron chi connectivity index (χ4n) is 4.15. The van der Waals surface area contributed by atoms with Gasteiger partial charge >= 0.3 is 11.9 Å². The molecule has 0 amide bonds. The zero-order chi connectivity index (χ0) is 17.8. The fraction of sp³-hybridized carbons (Fsp3) is 0.889. The minimum atomic E-state index is -0.894. The molecule has 2 rings (SSSR count). The van der Waals surface area contributed by atoms with Gasteiger partial charge in [0.15, 0.2) is 0 Å². The van der Waals surface area contributed by atoms with E-state index >= 15 is 0 Å². The molecule has 2 N–H and O–H groups in total. The maximum Gasteiger partial charge on any atom is 0.309 e. The van der Waals surface area contributed by atoms with Crippen LogP contribution < -0.4 is 0 Å². The number of carbonyl (C=O) groups is 2. The Morgan fingerprint density at radius 1 is 0.958 bits per heavy atom. The maximum atomic E-state index is 12.3. The van der Waals surface area contributed by atoms with E-state index in [1.54, 1.807) is 0 Å². The Kier molecular flexibility index (Phi) is 5.91. The Bertz CT molecular complexity index is 429. The number of hydrogen-bond donors (Lipinski definition) is 2. The third-order valence-electron chi connectivity index (χ3n) is 6.06. The molecule has 0 unspecified atom stereocenters. The van der Waals surface area contributed by atoms with E-state index in [1.165, 1.54) is 0 Å². The molecule has 6 nitrogen and oxygen atoms in total. The zero-order valence-corrected chi connectivity index (χ0v) is 14.8. The summed E-state index contributed by atoms with van der Waals surface area (Å²) in [6, 6.07) is 0. The molecule has 0 aromatic carbocycles. The van der Waals surface area contributed by atoms with Crippen molar-refractivity contribution >= 4 is 11.9 Å². The van der Waals surface area contributed by atoms with Gasteiger partial charge in [-0.2, -0.15) is 0 Å². The monoisotopic (exact) mass is 342 g/mol. The van der Waals surface area contributed by atoms with E-state index in [0.29, 0.717) is 52.1 Å². The average molecular weight is 342 g/mol. The number of hydrogen-bond acceptors (Lipinski definition) is 4. The first-order chi connectivity index (χ1) is 11.3. The molecule has 0 spiro atoms. The molecule has 2 fully saturated rings. The molecule has 138 valence electrons. The molecular weight excluding hydrogens is 312 g/mol. The van der Waals surface area contributed by atoms with Crippen molar-refractivity contribution in [2.24, 2.45) is 16.2 Å². The van der Waals surface area contributed by atoms with Crippen LogP contribution in [0.1, 0.15) is 58.8 Å². The van der Waals surface area contributed by atoms with E-state index in [1.807, 2.05) is 0 Å². The molecule has 2 aliphatic rings. The molecule has 0 saturated carbocycles. The van der Waals surface area contributed by atoms with Gasteiger partial charge in [-0.25, -0.2) is 0 Å². The van der Waals surface area contributed by atoms with Gasteiger partial charge in [-0.15, -0.1) is 0 Å². The van der Waals surface area contributed by atoms with Crippen LogP contribution in [0.4, 0.5) is 0 Å². The van der Waals surface area contributed by atoms with Gasteiger partial charge in [0.25, 0.3) is 0 Å². The molecule has 24 heavy (non-hydrogen) atoms. The summed E-state index contributed by atoms with van der Waals surface area (Å²) in [6.45, 7) is 6.57. The molecule has 2 saturated heterocycles. The number of rotatable bonds is 11. The van der Waals surface area contributed by atoms with Crippen molar-refractivity contribution < 1.29 is 29.3 Å². The van der Waals surface area contributed by atoms with Crippen LogP contribution in [0.25, 0.3) is 0 Å². The molecular formula is C18H30O6. The molecule has 0 aromatic rings. The molecule has 6 heteroatoms. The summed E-state index contributed by atoms with van der Waals surface area (Å²) >= 11 is 0. The van der Waals surface area contributed by atoms with Crippen molar-refractivity contribution in [2.45, 2.75) is 58.8 Å². The highest BCUT2D eigenvalue weighted by molar-refractivity contribution is 5.75. The Labute approximate surface area is 143 Å². The van der Waals surface area contributed by atoms with Crippen LogP contribution in [0.5, 0.6) is 0 Å². The molecule has 0 aromatic heterocycles. The molecule has 0 atom stereocenters. The van der Waals surface area contributed by atoms with E-state index in [9.17, 15) is 14.7 Å². The topological polar surface area (TPSA) is 93.1 Å². The summed E-state index contributed by atoms with van der Waals surface area (Å²) in [7, 11) is 0. The van der Waals surface area contributed by atoms with E-state index < -0.39 is 17.4 Å². The summed E-state index contributed by atoms with van der Waals surface area (Å²) in [5, 5.41) is 19.1. The predicted octanol–water partition coefficient (Wildman–Crippen LogP) is 2.95. The van der Waals surface area contributed by atoms with Crippen molar-refractivity contribution in [2.75, 3.05) is 26.4 Å². The van der Waals surface area contributed by atoms with Crippen molar-refractivity contribution in [3.63, 3.8) is 0 Å². The predicted molar refractivity (Wildman–Crippen MR) is 87.9 cm³/mol. The van der Waals surface area contributed by atoms with Crippen LogP contribution >= 0.6 is 0 Å². The Morgan fingerprint density at radius 2 is 1.42 bits per heavy atom. The molecule has 0 bridgehead atoms. The second-order valence-corrected chi connectivity index (χ2v) is 7.88. The second kappa shape index (κ2) is 7.40. The van der Waals surface area contributed by atoms with Crippen molar-refractivity contribution in [3.05, 3.63) is 0 Å². The first kappa shape index (κ1) is 19.2. The number of carboxylic acid groups (broad SMARTS) is 2. The van der Waals surface area contributed by atoms with Crippen molar-refractivity contribution in [1.82, 2.24) is 0 Å². The van der Waals surface area contributed by atoms with Crippen molar-refractivity contribution in [1.29, 1.82) is 0 Å². The molecule has 2 aliphatic heterocycles. The number of ether oxygens (including phenoxy) is 2. The lowest BCUT2D eigenvalue weighted by atomic mass is 9.59. The highest BCUT2D eigenvalue weighted by Gasteiger charge is 2.53. The summed E-state index contributed by atoms with van der Waals surface area (Å²) < 4.78 is 10.8. The van der Waals surface area contributed by atoms with Crippen molar-refractivity contribution in [3.8, 4) is 0 Å². The van der Waals surface area contributed by atoms with Gasteiger partial charge in [0.2, 0.25) is 0 Å². The summed E-state index contributed by atoms with van der Waals surface area (Å²) in [5.41, 5.74) is -1.06.